The molecule has 1 amide bonds. The molecule has 0 saturated heterocycles. The van der Waals surface area contributed by atoms with Crippen LogP contribution in [0.4, 0.5) is 5.13 Å². The third-order valence-electron chi connectivity index (χ3n) is 3.48. The summed E-state index contributed by atoms with van der Waals surface area (Å²) in [5.74, 6) is 0.464. The number of anilines is 1. The third kappa shape index (κ3) is 4.64. The largest absolute Gasteiger partial charge is 0.497 e. The van der Waals surface area contributed by atoms with Gasteiger partial charge in [0.2, 0.25) is 5.91 Å². The Kier molecular flexibility index (Phi) is 5.93. The molecule has 0 unspecified atom stereocenters. The summed E-state index contributed by atoms with van der Waals surface area (Å²) >= 11 is 13.3. The molecule has 0 saturated carbocycles. The fraction of sp³-hybridized carbons (Fsp3) is 0.0526. The van der Waals surface area contributed by atoms with E-state index in [1.54, 1.807) is 31.4 Å². The van der Waals surface area contributed by atoms with Crippen LogP contribution in [0.15, 0.2) is 53.9 Å². The van der Waals surface area contributed by atoms with E-state index in [0.29, 0.717) is 20.7 Å². The molecule has 0 radical (unpaired) electrons. The number of hydrogen-bond donors (Lipinski definition) is 1. The van der Waals surface area contributed by atoms with Crippen LogP contribution in [0, 0.1) is 0 Å². The summed E-state index contributed by atoms with van der Waals surface area (Å²) in [6.45, 7) is 0. The van der Waals surface area contributed by atoms with Gasteiger partial charge in [-0.2, -0.15) is 0 Å². The number of ether oxygens (including phenoxy) is 1. The molecule has 4 nitrogen and oxygen atoms in total. The number of nitrogens with one attached hydrogen (secondary N) is 1. The van der Waals surface area contributed by atoms with E-state index in [2.05, 4.69) is 10.3 Å². The zero-order chi connectivity index (χ0) is 18.5. The van der Waals surface area contributed by atoms with Gasteiger partial charge in [-0.3, -0.25) is 10.1 Å². The minimum absolute atomic E-state index is 0.289. The van der Waals surface area contributed by atoms with Gasteiger partial charge in [0.25, 0.3) is 0 Å². The Morgan fingerprint density at radius 3 is 2.85 bits per heavy atom. The molecule has 0 aliphatic carbocycles. The molecule has 1 heterocycles. The fourth-order valence-electron chi connectivity index (χ4n) is 2.20. The Hall–Kier alpha value is -2.34. The molecule has 132 valence electrons. The SMILES string of the molecule is COc1cccc(-c2csc(NC(=O)/C=C/c3ccc(Cl)cc3Cl)n2)c1. The molecule has 0 aliphatic rings. The van der Waals surface area contributed by atoms with Crippen LogP contribution in [0.5, 0.6) is 5.75 Å². The normalized spacial score (nSPS) is 10.9. The van der Waals surface area contributed by atoms with Gasteiger partial charge in [0.15, 0.2) is 5.13 Å². The summed E-state index contributed by atoms with van der Waals surface area (Å²) in [6.07, 6.45) is 3.03. The van der Waals surface area contributed by atoms with E-state index >= 15 is 0 Å². The van der Waals surface area contributed by atoms with Crippen LogP contribution in [0.25, 0.3) is 17.3 Å². The summed E-state index contributed by atoms with van der Waals surface area (Å²) < 4.78 is 5.22. The summed E-state index contributed by atoms with van der Waals surface area (Å²) in [6, 6.07) is 12.7. The maximum Gasteiger partial charge on any atom is 0.250 e. The fourth-order valence-corrected chi connectivity index (χ4v) is 3.39. The molecule has 1 aromatic heterocycles. The molecule has 0 fully saturated rings. The van der Waals surface area contributed by atoms with Crippen LogP contribution in [0.2, 0.25) is 10.0 Å². The lowest BCUT2D eigenvalue weighted by atomic mass is 10.2. The van der Waals surface area contributed by atoms with Gasteiger partial charge < -0.3 is 4.74 Å². The minimum Gasteiger partial charge on any atom is -0.497 e. The number of nitrogens with zero attached hydrogens (tertiary/aromatic N) is 1. The van der Waals surface area contributed by atoms with Crippen molar-refractivity contribution in [3.63, 3.8) is 0 Å². The number of methoxy groups -OCH3 is 1. The number of halogens is 2. The monoisotopic (exact) mass is 404 g/mol. The van der Waals surface area contributed by atoms with Crippen molar-refractivity contribution in [3.8, 4) is 17.0 Å². The Balaban J connectivity index is 1.68. The zero-order valence-electron chi connectivity index (χ0n) is 13.7. The van der Waals surface area contributed by atoms with Crippen molar-refractivity contribution in [2.75, 3.05) is 12.4 Å². The molecule has 0 atom stereocenters. The second-order valence-electron chi connectivity index (χ2n) is 5.26. The number of thiazole rings is 1. The Morgan fingerprint density at radius 1 is 1.23 bits per heavy atom. The average Bonchev–Trinajstić information content (AvgIpc) is 3.09. The standard InChI is InChI=1S/C19H14Cl2N2O2S/c1-25-15-4-2-3-13(9-15)17-11-26-19(22-17)23-18(24)8-6-12-5-7-14(20)10-16(12)21/h2-11H,1H3,(H,22,23,24)/b8-6+. The van der Waals surface area contributed by atoms with Crippen molar-refractivity contribution in [2.24, 2.45) is 0 Å². The van der Waals surface area contributed by atoms with Gasteiger partial charge in [0.1, 0.15) is 5.75 Å². The van der Waals surface area contributed by atoms with E-state index in [4.69, 9.17) is 27.9 Å². The van der Waals surface area contributed by atoms with Gasteiger partial charge in [-0.05, 0) is 35.9 Å². The van der Waals surface area contributed by atoms with Gasteiger partial charge >= 0.3 is 0 Å². The molecule has 3 aromatic rings. The van der Waals surface area contributed by atoms with Crippen molar-refractivity contribution in [2.45, 2.75) is 0 Å². The van der Waals surface area contributed by atoms with Crippen LogP contribution in [-0.4, -0.2) is 18.0 Å². The number of amides is 1. The molecular weight excluding hydrogens is 391 g/mol. The molecule has 7 heteroatoms. The molecule has 0 aliphatic heterocycles. The predicted octanol–water partition coefficient (Wildman–Crippen LogP) is 5.78. The van der Waals surface area contributed by atoms with E-state index in [0.717, 1.165) is 17.0 Å². The lowest BCUT2D eigenvalue weighted by Gasteiger charge is -2.01. The predicted molar refractivity (Wildman–Crippen MR) is 108 cm³/mol. The maximum atomic E-state index is 12.1. The van der Waals surface area contributed by atoms with E-state index in [9.17, 15) is 4.79 Å². The van der Waals surface area contributed by atoms with E-state index in [1.165, 1.54) is 17.4 Å². The minimum atomic E-state index is -0.289. The molecule has 1 N–H and O–H groups in total. The lowest BCUT2D eigenvalue weighted by molar-refractivity contribution is -0.111. The first-order valence-corrected chi connectivity index (χ1v) is 9.23. The lowest BCUT2D eigenvalue weighted by Crippen LogP contribution is -2.07. The zero-order valence-corrected chi connectivity index (χ0v) is 16.0. The van der Waals surface area contributed by atoms with Crippen molar-refractivity contribution in [3.05, 3.63) is 69.5 Å². The molecule has 0 bridgehead atoms. The van der Waals surface area contributed by atoms with E-state index in [1.807, 2.05) is 29.6 Å². The highest BCUT2D eigenvalue weighted by Gasteiger charge is 2.07. The smallest absolute Gasteiger partial charge is 0.250 e. The first-order valence-electron chi connectivity index (χ1n) is 7.59. The number of rotatable bonds is 5. The van der Waals surface area contributed by atoms with Crippen molar-refractivity contribution in [1.82, 2.24) is 4.98 Å². The highest BCUT2D eigenvalue weighted by Crippen LogP contribution is 2.27. The van der Waals surface area contributed by atoms with Crippen LogP contribution in [-0.2, 0) is 4.79 Å². The second kappa shape index (κ2) is 8.36. The number of carbonyl (C=O) groups excluding carboxylic acids is 1. The van der Waals surface area contributed by atoms with Crippen molar-refractivity contribution < 1.29 is 9.53 Å². The van der Waals surface area contributed by atoms with Crippen LogP contribution in [0.3, 0.4) is 0 Å². The van der Waals surface area contributed by atoms with Crippen LogP contribution < -0.4 is 10.1 Å². The highest BCUT2D eigenvalue weighted by molar-refractivity contribution is 7.14. The Labute approximate surface area is 165 Å². The van der Waals surface area contributed by atoms with Crippen LogP contribution in [0.1, 0.15) is 5.56 Å². The van der Waals surface area contributed by atoms with E-state index < -0.39 is 0 Å². The molecular formula is C19H14Cl2N2O2S. The van der Waals surface area contributed by atoms with Gasteiger partial charge in [0.05, 0.1) is 12.8 Å². The first-order chi connectivity index (χ1) is 12.5. The molecule has 0 spiro atoms. The Morgan fingerprint density at radius 2 is 2.08 bits per heavy atom. The van der Waals surface area contributed by atoms with Gasteiger partial charge in [-0.15, -0.1) is 11.3 Å². The quantitative estimate of drug-likeness (QED) is 0.548. The molecule has 26 heavy (non-hydrogen) atoms. The van der Waals surface area contributed by atoms with Gasteiger partial charge in [0, 0.05) is 27.1 Å². The topological polar surface area (TPSA) is 51.2 Å². The third-order valence-corrected chi connectivity index (χ3v) is 4.80. The summed E-state index contributed by atoms with van der Waals surface area (Å²) in [4.78, 5) is 16.5. The number of aromatic nitrogens is 1. The number of benzene rings is 2. The number of carbonyl (C=O) groups is 1. The van der Waals surface area contributed by atoms with Crippen molar-refractivity contribution in [1.29, 1.82) is 0 Å². The molecule has 3 rings (SSSR count). The summed E-state index contributed by atoms with van der Waals surface area (Å²) in [5, 5.41) is 6.16. The Bertz CT molecular complexity index is 970. The summed E-state index contributed by atoms with van der Waals surface area (Å²) in [7, 11) is 1.62. The number of hydrogen-bond acceptors (Lipinski definition) is 4. The molecule has 2 aromatic carbocycles. The van der Waals surface area contributed by atoms with Gasteiger partial charge in [-0.25, -0.2) is 4.98 Å². The van der Waals surface area contributed by atoms with E-state index in [-0.39, 0.29) is 5.91 Å². The second-order valence-corrected chi connectivity index (χ2v) is 6.96. The van der Waals surface area contributed by atoms with Gasteiger partial charge in [-0.1, -0.05) is 41.4 Å². The first kappa shape index (κ1) is 18.5. The summed E-state index contributed by atoms with van der Waals surface area (Å²) in [5.41, 5.74) is 2.40. The van der Waals surface area contributed by atoms with Crippen LogP contribution >= 0.6 is 34.5 Å². The average molecular weight is 405 g/mol. The maximum absolute atomic E-state index is 12.1. The highest BCUT2D eigenvalue weighted by atomic mass is 35.5. The van der Waals surface area contributed by atoms with Crippen molar-refractivity contribution >= 4 is 51.7 Å².